The molecule has 1 N–H and O–H groups in total. The Morgan fingerprint density at radius 3 is 3.16 bits per heavy atom. The number of oxazole rings is 1. The van der Waals surface area contributed by atoms with Gasteiger partial charge in [-0.3, -0.25) is 10.1 Å². The lowest BCUT2D eigenvalue weighted by Crippen LogP contribution is -2.49. The highest BCUT2D eigenvalue weighted by molar-refractivity contribution is 5.77. The first-order chi connectivity index (χ1) is 9.13. The third-order valence-corrected chi connectivity index (χ3v) is 3.21. The van der Waals surface area contributed by atoms with E-state index in [1.54, 1.807) is 6.07 Å². The van der Waals surface area contributed by atoms with Gasteiger partial charge in [0.1, 0.15) is 5.52 Å². The Balaban J connectivity index is 1.94. The first-order valence-electron chi connectivity index (χ1n) is 6.17. The minimum absolute atomic E-state index is 0.0287. The van der Waals surface area contributed by atoms with E-state index in [0.717, 1.165) is 19.6 Å². The topological polar surface area (TPSA) is 84.4 Å². The van der Waals surface area contributed by atoms with Crippen molar-refractivity contribution in [2.45, 2.75) is 13.0 Å². The number of nitrogens with one attached hydrogen (secondary N) is 1. The minimum Gasteiger partial charge on any atom is -0.423 e. The molecule has 19 heavy (non-hydrogen) atoms. The molecule has 0 unspecified atom stereocenters. The quantitative estimate of drug-likeness (QED) is 0.652. The van der Waals surface area contributed by atoms with Crippen LogP contribution in [-0.2, 0) is 0 Å². The van der Waals surface area contributed by atoms with Crippen molar-refractivity contribution in [2.75, 3.05) is 24.5 Å². The van der Waals surface area contributed by atoms with Gasteiger partial charge in [0.05, 0.1) is 4.92 Å². The van der Waals surface area contributed by atoms with Crippen LogP contribution in [0.15, 0.2) is 22.6 Å². The SMILES string of the molecule is C[C@@H]1CN(c2nc3cc([N+](=O)[O-])ccc3o2)CCN1. The van der Waals surface area contributed by atoms with Crippen LogP contribution in [-0.4, -0.2) is 35.6 Å². The second-order valence-corrected chi connectivity index (χ2v) is 4.71. The summed E-state index contributed by atoms with van der Waals surface area (Å²) in [5.41, 5.74) is 1.13. The molecular formula is C12H14N4O3. The lowest BCUT2D eigenvalue weighted by molar-refractivity contribution is -0.384. The monoisotopic (exact) mass is 262 g/mol. The fraction of sp³-hybridized carbons (Fsp3) is 0.417. The van der Waals surface area contributed by atoms with Gasteiger partial charge in [-0.25, -0.2) is 0 Å². The number of rotatable bonds is 2. The van der Waals surface area contributed by atoms with Crippen molar-refractivity contribution in [3.8, 4) is 0 Å². The third kappa shape index (κ3) is 2.24. The fourth-order valence-electron chi connectivity index (χ4n) is 2.26. The molecule has 0 spiro atoms. The average molecular weight is 262 g/mol. The van der Waals surface area contributed by atoms with Crippen LogP contribution in [0.1, 0.15) is 6.92 Å². The molecular weight excluding hydrogens is 248 g/mol. The summed E-state index contributed by atoms with van der Waals surface area (Å²) < 4.78 is 5.66. The van der Waals surface area contributed by atoms with Crippen molar-refractivity contribution < 1.29 is 9.34 Å². The molecule has 100 valence electrons. The molecule has 1 aromatic carbocycles. The number of piperazine rings is 1. The lowest BCUT2D eigenvalue weighted by atomic mass is 10.2. The third-order valence-electron chi connectivity index (χ3n) is 3.21. The predicted octanol–water partition coefficient (Wildman–Crippen LogP) is 1.53. The van der Waals surface area contributed by atoms with E-state index >= 15 is 0 Å². The molecule has 0 saturated carbocycles. The Labute approximate surface area is 109 Å². The van der Waals surface area contributed by atoms with Crippen molar-refractivity contribution in [2.24, 2.45) is 0 Å². The molecule has 0 bridgehead atoms. The molecule has 0 aliphatic carbocycles. The standard InChI is InChI=1S/C12H14N4O3/c1-8-7-15(5-4-13-8)12-14-10-6-9(16(17)18)2-3-11(10)19-12/h2-3,6,8,13H,4-5,7H2,1H3/t8-/m1/s1. The summed E-state index contributed by atoms with van der Waals surface area (Å²) in [7, 11) is 0. The molecule has 1 aliphatic heterocycles. The highest BCUT2D eigenvalue weighted by Crippen LogP contribution is 2.25. The zero-order valence-corrected chi connectivity index (χ0v) is 10.5. The van der Waals surface area contributed by atoms with E-state index in [0.29, 0.717) is 23.2 Å². The van der Waals surface area contributed by atoms with Gasteiger partial charge in [0.2, 0.25) is 0 Å². The van der Waals surface area contributed by atoms with Crippen LogP contribution < -0.4 is 10.2 Å². The van der Waals surface area contributed by atoms with Crippen molar-refractivity contribution in [3.63, 3.8) is 0 Å². The van der Waals surface area contributed by atoms with Crippen LogP contribution >= 0.6 is 0 Å². The van der Waals surface area contributed by atoms with E-state index in [1.165, 1.54) is 12.1 Å². The largest absolute Gasteiger partial charge is 0.423 e. The first kappa shape index (κ1) is 11.9. The number of non-ortho nitro benzene ring substituents is 1. The van der Waals surface area contributed by atoms with E-state index in [9.17, 15) is 10.1 Å². The number of nitro groups is 1. The smallest absolute Gasteiger partial charge is 0.298 e. The Bertz CT molecular complexity index is 624. The van der Waals surface area contributed by atoms with Gasteiger partial charge in [-0.15, -0.1) is 0 Å². The van der Waals surface area contributed by atoms with Gasteiger partial charge in [0.15, 0.2) is 5.58 Å². The molecule has 7 nitrogen and oxygen atoms in total. The molecule has 7 heteroatoms. The summed E-state index contributed by atoms with van der Waals surface area (Å²) in [6.07, 6.45) is 0. The number of benzene rings is 1. The number of aromatic nitrogens is 1. The fourth-order valence-corrected chi connectivity index (χ4v) is 2.26. The maximum absolute atomic E-state index is 10.7. The summed E-state index contributed by atoms with van der Waals surface area (Å²) in [4.78, 5) is 16.7. The summed E-state index contributed by atoms with van der Waals surface area (Å²) >= 11 is 0. The van der Waals surface area contributed by atoms with E-state index in [-0.39, 0.29) is 5.69 Å². The van der Waals surface area contributed by atoms with Crippen LogP contribution in [0.4, 0.5) is 11.7 Å². The predicted molar refractivity (Wildman–Crippen MR) is 70.3 cm³/mol. The van der Waals surface area contributed by atoms with Gasteiger partial charge in [-0.1, -0.05) is 0 Å². The van der Waals surface area contributed by atoms with Gasteiger partial charge < -0.3 is 14.6 Å². The summed E-state index contributed by atoms with van der Waals surface area (Å²) in [5, 5.41) is 14.1. The molecule has 1 saturated heterocycles. The molecule has 0 amide bonds. The van der Waals surface area contributed by atoms with E-state index in [4.69, 9.17) is 4.42 Å². The Kier molecular flexibility index (Phi) is 2.83. The van der Waals surface area contributed by atoms with Gasteiger partial charge >= 0.3 is 0 Å². The average Bonchev–Trinajstić information content (AvgIpc) is 2.81. The van der Waals surface area contributed by atoms with Gasteiger partial charge in [-0.05, 0) is 13.0 Å². The summed E-state index contributed by atoms with van der Waals surface area (Å²) in [6.45, 7) is 4.61. The number of fused-ring (bicyclic) bond motifs is 1. The molecule has 1 atom stereocenters. The Morgan fingerprint density at radius 2 is 2.42 bits per heavy atom. The zero-order valence-electron chi connectivity index (χ0n) is 10.5. The highest BCUT2D eigenvalue weighted by Gasteiger charge is 2.21. The number of nitrogens with zero attached hydrogens (tertiary/aromatic N) is 3. The zero-order chi connectivity index (χ0) is 13.4. The van der Waals surface area contributed by atoms with Crippen molar-refractivity contribution in [1.29, 1.82) is 0 Å². The van der Waals surface area contributed by atoms with Crippen LogP contribution in [0, 0.1) is 10.1 Å². The number of nitro benzene ring substituents is 1. The maximum Gasteiger partial charge on any atom is 0.298 e. The Hall–Kier alpha value is -2.15. The summed E-state index contributed by atoms with van der Waals surface area (Å²) in [5.74, 6) is 0. The molecule has 2 aromatic rings. The lowest BCUT2D eigenvalue weighted by Gasteiger charge is -2.30. The van der Waals surface area contributed by atoms with Gasteiger partial charge in [0, 0.05) is 37.8 Å². The number of anilines is 1. The molecule has 3 rings (SSSR count). The van der Waals surface area contributed by atoms with Crippen molar-refractivity contribution in [1.82, 2.24) is 10.3 Å². The minimum atomic E-state index is -0.430. The highest BCUT2D eigenvalue weighted by atomic mass is 16.6. The second-order valence-electron chi connectivity index (χ2n) is 4.71. The maximum atomic E-state index is 10.7. The molecule has 1 aliphatic rings. The van der Waals surface area contributed by atoms with Crippen LogP contribution in [0.3, 0.4) is 0 Å². The van der Waals surface area contributed by atoms with Crippen molar-refractivity contribution >= 4 is 22.8 Å². The molecule has 2 heterocycles. The Morgan fingerprint density at radius 1 is 1.58 bits per heavy atom. The van der Waals surface area contributed by atoms with E-state index < -0.39 is 4.92 Å². The van der Waals surface area contributed by atoms with Crippen LogP contribution in [0.25, 0.3) is 11.1 Å². The van der Waals surface area contributed by atoms with E-state index in [2.05, 4.69) is 17.2 Å². The molecule has 1 fully saturated rings. The van der Waals surface area contributed by atoms with Crippen LogP contribution in [0.5, 0.6) is 0 Å². The van der Waals surface area contributed by atoms with Gasteiger partial charge in [0.25, 0.3) is 11.7 Å². The first-order valence-corrected chi connectivity index (χ1v) is 6.17. The molecule has 1 aromatic heterocycles. The number of hydrogen-bond acceptors (Lipinski definition) is 6. The van der Waals surface area contributed by atoms with Crippen LogP contribution in [0.2, 0.25) is 0 Å². The van der Waals surface area contributed by atoms with E-state index in [1.807, 2.05) is 4.90 Å². The number of hydrogen-bond donors (Lipinski definition) is 1. The van der Waals surface area contributed by atoms with Crippen molar-refractivity contribution in [3.05, 3.63) is 28.3 Å². The van der Waals surface area contributed by atoms with Gasteiger partial charge in [-0.2, -0.15) is 4.98 Å². The molecule has 0 radical (unpaired) electrons. The normalized spacial score (nSPS) is 19.8. The summed E-state index contributed by atoms with van der Waals surface area (Å²) in [6, 6.07) is 5.36. The second kappa shape index (κ2) is 4.51.